The third-order valence-corrected chi connectivity index (χ3v) is 5.70. The summed E-state index contributed by atoms with van der Waals surface area (Å²) >= 11 is 2.75. The number of amides is 1. The Morgan fingerprint density at radius 1 is 1.30 bits per heavy atom. The number of hydrogen-bond acceptors (Lipinski definition) is 7. The Labute approximate surface area is 166 Å². The minimum Gasteiger partial charge on any atom is -0.493 e. The number of carboxylic acids is 1. The monoisotopic (exact) mass is 410 g/mol. The zero-order valence-corrected chi connectivity index (χ0v) is 17.2. The summed E-state index contributed by atoms with van der Waals surface area (Å²) in [6.45, 7) is 1.73. The summed E-state index contributed by atoms with van der Waals surface area (Å²) < 4.78 is 10.5. The van der Waals surface area contributed by atoms with Crippen molar-refractivity contribution < 1.29 is 24.2 Å². The molecule has 2 N–H and O–H groups in total. The molecule has 0 spiro atoms. The number of methoxy groups -OCH3 is 2. The predicted molar refractivity (Wildman–Crippen MR) is 107 cm³/mol. The number of thiazole rings is 1. The van der Waals surface area contributed by atoms with E-state index in [1.54, 1.807) is 33.3 Å². The van der Waals surface area contributed by atoms with Gasteiger partial charge in [-0.2, -0.15) is 11.8 Å². The third-order valence-electron chi connectivity index (χ3n) is 3.85. The van der Waals surface area contributed by atoms with E-state index in [4.69, 9.17) is 9.47 Å². The fraction of sp³-hybridized carbons (Fsp3) is 0.389. The Balaban J connectivity index is 2.25. The number of ether oxygens (including phenoxy) is 2. The predicted octanol–water partition coefficient (Wildman–Crippen LogP) is 3.07. The van der Waals surface area contributed by atoms with Crippen LogP contribution in [0.2, 0.25) is 0 Å². The Morgan fingerprint density at radius 3 is 2.59 bits per heavy atom. The van der Waals surface area contributed by atoms with E-state index in [9.17, 15) is 14.7 Å². The fourth-order valence-corrected chi connectivity index (χ4v) is 3.85. The van der Waals surface area contributed by atoms with Gasteiger partial charge in [-0.3, -0.25) is 4.79 Å². The van der Waals surface area contributed by atoms with Crippen LogP contribution in [-0.2, 0) is 4.79 Å². The van der Waals surface area contributed by atoms with Gasteiger partial charge in [0.15, 0.2) is 11.5 Å². The summed E-state index contributed by atoms with van der Waals surface area (Å²) in [5, 5.41) is 12.5. The quantitative estimate of drug-likeness (QED) is 0.655. The smallest absolute Gasteiger partial charge is 0.326 e. The van der Waals surface area contributed by atoms with Crippen molar-refractivity contribution in [3.8, 4) is 22.1 Å². The number of carboxylic acid groups (broad SMARTS) is 1. The Kier molecular flexibility index (Phi) is 7.49. The van der Waals surface area contributed by atoms with Crippen LogP contribution in [0.5, 0.6) is 11.5 Å². The van der Waals surface area contributed by atoms with Crippen LogP contribution in [0.25, 0.3) is 10.6 Å². The van der Waals surface area contributed by atoms with E-state index in [-0.39, 0.29) is 0 Å². The van der Waals surface area contributed by atoms with Crippen molar-refractivity contribution in [2.75, 3.05) is 26.2 Å². The number of benzene rings is 1. The van der Waals surface area contributed by atoms with Crippen LogP contribution in [0, 0.1) is 6.92 Å². The maximum absolute atomic E-state index is 12.6. The molecule has 27 heavy (non-hydrogen) atoms. The maximum atomic E-state index is 12.6. The number of carbonyl (C=O) groups is 2. The minimum absolute atomic E-state index is 0.364. The van der Waals surface area contributed by atoms with Crippen molar-refractivity contribution in [3.63, 3.8) is 0 Å². The SMILES string of the molecule is COc1ccc(-c2nc(C)c(C(=O)N[C@@H](CCSC)C(=O)O)s2)cc1OC. The van der Waals surface area contributed by atoms with Gasteiger partial charge in [-0.25, -0.2) is 9.78 Å². The molecule has 9 heteroatoms. The first-order valence-corrected chi connectivity index (χ1v) is 10.3. The summed E-state index contributed by atoms with van der Waals surface area (Å²) in [6, 6.07) is 4.47. The number of hydrogen-bond donors (Lipinski definition) is 2. The summed E-state index contributed by atoms with van der Waals surface area (Å²) in [7, 11) is 3.11. The lowest BCUT2D eigenvalue weighted by atomic mass is 10.2. The highest BCUT2D eigenvalue weighted by molar-refractivity contribution is 7.98. The summed E-state index contributed by atoms with van der Waals surface area (Å²) in [5.41, 5.74) is 1.34. The minimum atomic E-state index is -1.04. The zero-order chi connectivity index (χ0) is 20.0. The van der Waals surface area contributed by atoms with E-state index in [2.05, 4.69) is 10.3 Å². The highest BCUT2D eigenvalue weighted by Gasteiger charge is 2.23. The van der Waals surface area contributed by atoms with Gasteiger partial charge in [0.05, 0.1) is 19.9 Å². The topological polar surface area (TPSA) is 97.8 Å². The molecule has 0 unspecified atom stereocenters. The number of aliphatic carboxylic acids is 1. The summed E-state index contributed by atoms with van der Waals surface area (Å²) in [4.78, 5) is 28.8. The van der Waals surface area contributed by atoms with Crippen LogP contribution < -0.4 is 14.8 Å². The molecule has 0 bridgehead atoms. The van der Waals surface area contributed by atoms with E-state index in [1.807, 2.05) is 12.3 Å². The number of nitrogens with one attached hydrogen (secondary N) is 1. The van der Waals surface area contributed by atoms with Gasteiger partial charge in [0, 0.05) is 5.56 Å². The fourth-order valence-electron chi connectivity index (χ4n) is 2.42. The second-order valence-corrected chi connectivity index (χ2v) is 7.63. The van der Waals surface area contributed by atoms with E-state index < -0.39 is 17.9 Å². The average molecular weight is 411 g/mol. The number of thioether (sulfide) groups is 1. The molecule has 0 aliphatic carbocycles. The molecule has 2 aromatic rings. The van der Waals surface area contributed by atoms with Gasteiger partial charge in [-0.05, 0) is 43.6 Å². The Bertz CT molecular complexity index is 822. The number of aryl methyl sites for hydroxylation is 1. The average Bonchev–Trinajstić information content (AvgIpc) is 3.05. The summed E-state index contributed by atoms with van der Waals surface area (Å²) in [6.07, 6.45) is 2.26. The third kappa shape index (κ3) is 5.14. The normalized spacial score (nSPS) is 11.7. The first-order chi connectivity index (χ1) is 12.9. The number of carbonyl (C=O) groups excluding carboxylic acids is 1. The molecule has 0 fully saturated rings. The lowest BCUT2D eigenvalue weighted by Crippen LogP contribution is -2.41. The maximum Gasteiger partial charge on any atom is 0.326 e. The second kappa shape index (κ2) is 9.61. The number of nitrogens with zero attached hydrogens (tertiary/aromatic N) is 1. The zero-order valence-electron chi connectivity index (χ0n) is 15.6. The highest BCUT2D eigenvalue weighted by Crippen LogP contribution is 2.35. The molecule has 1 amide bonds. The first-order valence-electron chi connectivity index (χ1n) is 8.13. The Hall–Kier alpha value is -2.26. The van der Waals surface area contributed by atoms with Crippen molar-refractivity contribution in [2.24, 2.45) is 0 Å². The molecule has 0 radical (unpaired) electrons. The van der Waals surface area contributed by atoms with E-state index in [1.165, 1.54) is 23.1 Å². The molecule has 146 valence electrons. The molecule has 0 saturated carbocycles. The van der Waals surface area contributed by atoms with Crippen molar-refractivity contribution >= 4 is 35.0 Å². The van der Waals surface area contributed by atoms with Crippen LogP contribution in [-0.4, -0.2) is 54.2 Å². The van der Waals surface area contributed by atoms with Crippen molar-refractivity contribution in [2.45, 2.75) is 19.4 Å². The molecule has 1 aromatic heterocycles. The number of rotatable bonds is 9. The van der Waals surface area contributed by atoms with Crippen LogP contribution >= 0.6 is 23.1 Å². The lowest BCUT2D eigenvalue weighted by Gasteiger charge is -2.13. The van der Waals surface area contributed by atoms with Gasteiger partial charge in [0.25, 0.3) is 5.91 Å². The largest absolute Gasteiger partial charge is 0.493 e. The van der Waals surface area contributed by atoms with Crippen LogP contribution in [0.4, 0.5) is 0 Å². The molecule has 0 aliphatic heterocycles. The van der Waals surface area contributed by atoms with Crippen LogP contribution in [0.3, 0.4) is 0 Å². The molecular weight excluding hydrogens is 388 g/mol. The first kappa shape index (κ1) is 21.0. The molecule has 0 aliphatic rings. The van der Waals surface area contributed by atoms with Crippen LogP contribution in [0.15, 0.2) is 18.2 Å². The standard InChI is InChI=1S/C18H22N2O5S2/c1-10-15(16(21)20-12(18(22)23)7-8-26-4)27-17(19-10)11-5-6-13(24-2)14(9-11)25-3/h5-6,9,12H,7-8H2,1-4H3,(H,20,21)(H,22,23)/t12-/m0/s1. The lowest BCUT2D eigenvalue weighted by molar-refractivity contribution is -0.139. The van der Waals surface area contributed by atoms with Gasteiger partial charge in [0.1, 0.15) is 15.9 Å². The molecule has 1 heterocycles. The molecule has 0 saturated heterocycles. The molecule has 7 nitrogen and oxygen atoms in total. The molecule has 1 atom stereocenters. The van der Waals surface area contributed by atoms with E-state index >= 15 is 0 Å². The van der Waals surface area contributed by atoms with Gasteiger partial charge >= 0.3 is 5.97 Å². The van der Waals surface area contributed by atoms with Crippen molar-refractivity contribution in [1.29, 1.82) is 0 Å². The van der Waals surface area contributed by atoms with Gasteiger partial charge in [-0.15, -0.1) is 11.3 Å². The van der Waals surface area contributed by atoms with Gasteiger partial charge in [0.2, 0.25) is 0 Å². The second-order valence-electron chi connectivity index (χ2n) is 5.65. The highest BCUT2D eigenvalue weighted by atomic mass is 32.2. The van der Waals surface area contributed by atoms with Crippen LogP contribution in [0.1, 0.15) is 21.8 Å². The number of aromatic nitrogens is 1. The molecule has 2 rings (SSSR count). The van der Waals surface area contributed by atoms with Crippen molar-refractivity contribution in [1.82, 2.24) is 10.3 Å². The van der Waals surface area contributed by atoms with E-state index in [0.717, 1.165) is 5.56 Å². The Morgan fingerprint density at radius 2 is 2.00 bits per heavy atom. The van der Waals surface area contributed by atoms with E-state index in [0.29, 0.717) is 39.3 Å². The molecular formula is C18H22N2O5S2. The van der Waals surface area contributed by atoms with Gasteiger partial charge in [-0.1, -0.05) is 0 Å². The summed E-state index contributed by atoms with van der Waals surface area (Å²) in [5.74, 6) is 0.350. The van der Waals surface area contributed by atoms with Gasteiger partial charge < -0.3 is 19.9 Å². The molecule has 1 aromatic carbocycles. The van der Waals surface area contributed by atoms with Crippen molar-refractivity contribution in [3.05, 3.63) is 28.8 Å².